The van der Waals surface area contributed by atoms with Gasteiger partial charge in [0, 0.05) is 0 Å². The van der Waals surface area contributed by atoms with E-state index in [0.717, 1.165) is 13.1 Å². The van der Waals surface area contributed by atoms with Crippen LogP contribution in [0.1, 0.15) is 39.2 Å². The molecule has 0 aromatic heterocycles. The van der Waals surface area contributed by atoms with Gasteiger partial charge in [0.25, 0.3) is 0 Å². The largest absolute Gasteiger partial charge is 0.316 e. The van der Waals surface area contributed by atoms with Crippen molar-refractivity contribution in [2.24, 2.45) is 11.8 Å². The number of hydrogen-bond acceptors (Lipinski definition) is 1. The molecule has 1 N–H and O–H groups in total. The van der Waals surface area contributed by atoms with Gasteiger partial charge in [0.05, 0.1) is 0 Å². The summed E-state index contributed by atoms with van der Waals surface area (Å²) < 4.78 is 12.8. The first-order valence-electron chi connectivity index (χ1n) is 6.47. The van der Waals surface area contributed by atoms with Crippen LogP contribution in [0.5, 0.6) is 0 Å². The quantitative estimate of drug-likeness (QED) is 0.793. The van der Waals surface area contributed by atoms with Crippen LogP contribution in [0.3, 0.4) is 0 Å². The van der Waals surface area contributed by atoms with Gasteiger partial charge in [-0.15, -0.1) is 0 Å². The molecule has 0 aliphatic carbocycles. The Bertz CT molecular complexity index is 318. The number of benzene rings is 1. The van der Waals surface area contributed by atoms with Crippen LogP contribution in [0.15, 0.2) is 24.3 Å². The Morgan fingerprint density at radius 3 is 2.12 bits per heavy atom. The zero-order valence-electron chi connectivity index (χ0n) is 11.3. The molecule has 0 saturated carbocycles. The van der Waals surface area contributed by atoms with E-state index in [1.807, 2.05) is 12.1 Å². The van der Waals surface area contributed by atoms with Gasteiger partial charge in [-0.05, 0) is 48.5 Å². The molecule has 0 aliphatic heterocycles. The van der Waals surface area contributed by atoms with E-state index in [1.54, 1.807) is 12.1 Å². The minimum Gasteiger partial charge on any atom is -0.316 e. The molecule has 0 saturated heterocycles. The van der Waals surface area contributed by atoms with Crippen molar-refractivity contribution in [3.8, 4) is 0 Å². The highest BCUT2D eigenvalue weighted by molar-refractivity contribution is 5.20. The summed E-state index contributed by atoms with van der Waals surface area (Å²) in [5.74, 6) is 1.53. The van der Waals surface area contributed by atoms with Crippen molar-refractivity contribution >= 4 is 0 Å². The van der Waals surface area contributed by atoms with E-state index in [9.17, 15) is 4.39 Å². The Hall–Kier alpha value is -0.890. The molecule has 2 heteroatoms. The summed E-state index contributed by atoms with van der Waals surface area (Å²) in [5.41, 5.74) is 1.21. The summed E-state index contributed by atoms with van der Waals surface area (Å²) in [7, 11) is 0. The van der Waals surface area contributed by atoms with Crippen molar-refractivity contribution in [2.75, 3.05) is 13.1 Å². The first-order chi connectivity index (χ1) is 8.00. The van der Waals surface area contributed by atoms with Crippen molar-refractivity contribution < 1.29 is 4.39 Å². The van der Waals surface area contributed by atoms with Gasteiger partial charge in [0.2, 0.25) is 0 Å². The van der Waals surface area contributed by atoms with Crippen molar-refractivity contribution in [2.45, 2.75) is 33.6 Å². The van der Waals surface area contributed by atoms with Crippen LogP contribution in [-0.2, 0) is 0 Å². The number of nitrogens with one attached hydrogen (secondary N) is 1. The number of rotatable bonds is 6. The maximum Gasteiger partial charge on any atom is 0.123 e. The van der Waals surface area contributed by atoms with Crippen LogP contribution >= 0.6 is 0 Å². The van der Waals surface area contributed by atoms with Crippen LogP contribution < -0.4 is 5.32 Å². The number of halogens is 1. The van der Waals surface area contributed by atoms with Gasteiger partial charge in [-0.3, -0.25) is 0 Å². The first-order valence-corrected chi connectivity index (χ1v) is 6.47. The molecular weight excluding hydrogens is 213 g/mol. The highest BCUT2D eigenvalue weighted by Gasteiger charge is 2.14. The van der Waals surface area contributed by atoms with E-state index >= 15 is 0 Å². The normalized spacial score (nSPS) is 14.9. The predicted octanol–water partition coefficient (Wildman–Crippen LogP) is 3.81. The predicted molar refractivity (Wildman–Crippen MR) is 71.7 cm³/mol. The SMILES string of the molecule is CC(C)CNCC(C)C(C)c1ccc(F)cc1. The summed E-state index contributed by atoms with van der Waals surface area (Å²) >= 11 is 0. The van der Waals surface area contributed by atoms with Crippen LogP contribution in [0, 0.1) is 17.7 Å². The molecule has 17 heavy (non-hydrogen) atoms. The first kappa shape index (κ1) is 14.2. The molecule has 0 aliphatic rings. The van der Waals surface area contributed by atoms with E-state index < -0.39 is 0 Å². The van der Waals surface area contributed by atoms with Gasteiger partial charge < -0.3 is 5.32 Å². The lowest BCUT2D eigenvalue weighted by Gasteiger charge is -2.21. The molecule has 0 bridgehead atoms. The highest BCUT2D eigenvalue weighted by Crippen LogP contribution is 2.23. The van der Waals surface area contributed by atoms with Crippen LogP contribution in [0.25, 0.3) is 0 Å². The lowest BCUT2D eigenvalue weighted by molar-refractivity contribution is 0.428. The summed E-state index contributed by atoms with van der Waals surface area (Å²) in [4.78, 5) is 0. The average molecular weight is 237 g/mol. The Morgan fingerprint density at radius 2 is 1.59 bits per heavy atom. The third-order valence-electron chi connectivity index (χ3n) is 3.27. The van der Waals surface area contributed by atoms with E-state index in [0.29, 0.717) is 17.8 Å². The summed E-state index contributed by atoms with van der Waals surface area (Å²) in [5, 5.41) is 3.47. The van der Waals surface area contributed by atoms with Crippen LogP contribution in [-0.4, -0.2) is 13.1 Å². The Labute approximate surface area is 104 Å². The third-order valence-corrected chi connectivity index (χ3v) is 3.27. The smallest absolute Gasteiger partial charge is 0.123 e. The molecule has 1 nitrogen and oxygen atoms in total. The molecule has 2 unspecified atom stereocenters. The van der Waals surface area contributed by atoms with Gasteiger partial charge in [0.15, 0.2) is 0 Å². The summed E-state index contributed by atoms with van der Waals surface area (Å²) in [6.07, 6.45) is 0. The zero-order valence-corrected chi connectivity index (χ0v) is 11.3. The van der Waals surface area contributed by atoms with Gasteiger partial charge in [0.1, 0.15) is 5.82 Å². The molecule has 0 amide bonds. The van der Waals surface area contributed by atoms with Crippen molar-refractivity contribution in [1.82, 2.24) is 5.32 Å². The minimum atomic E-state index is -0.161. The molecule has 2 atom stereocenters. The second kappa shape index (κ2) is 6.75. The van der Waals surface area contributed by atoms with Crippen molar-refractivity contribution in [1.29, 1.82) is 0 Å². The maximum absolute atomic E-state index is 12.8. The molecule has 0 fully saturated rings. The van der Waals surface area contributed by atoms with Gasteiger partial charge in [-0.1, -0.05) is 39.8 Å². The van der Waals surface area contributed by atoms with Gasteiger partial charge >= 0.3 is 0 Å². The molecule has 0 heterocycles. The Balaban J connectivity index is 2.45. The average Bonchev–Trinajstić information content (AvgIpc) is 2.28. The summed E-state index contributed by atoms with van der Waals surface area (Å²) in [6, 6.07) is 6.86. The molecule has 1 aromatic carbocycles. The molecule has 0 radical (unpaired) electrons. The van der Waals surface area contributed by atoms with Crippen molar-refractivity contribution in [3.63, 3.8) is 0 Å². The monoisotopic (exact) mass is 237 g/mol. The van der Waals surface area contributed by atoms with Gasteiger partial charge in [-0.25, -0.2) is 4.39 Å². The fourth-order valence-electron chi connectivity index (χ4n) is 1.87. The van der Waals surface area contributed by atoms with E-state index in [1.165, 1.54) is 5.56 Å². The molecule has 0 spiro atoms. The second-order valence-electron chi connectivity index (χ2n) is 5.37. The topological polar surface area (TPSA) is 12.0 Å². The van der Waals surface area contributed by atoms with E-state index in [2.05, 4.69) is 33.0 Å². The Kier molecular flexibility index (Phi) is 5.63. The fraction of sp³-hybridized carbons (Fsp3) is 0.600. The summed E-state index contributed by atoms with van der Waals surface area (Å²) in [6.45, 7) is 10.9. The van der Waals surface area contributed by atoms with Gasteiger partial charge in [-0.2, -0.15) is 0 Å². The lowest BCUT2D eigenvalue weighted by atomic mass is 9.89. The fourth-order valence-corrected chi connectivity index (χ4v) is 1.87. The molecule has 96 valence electrons. The minimum absolute atomic E-state index is 0.161. The van der Waals surface area contributed by atoms with Crippen LogP contribution in [0.4, 0.5) is 4.39 Å². The third kappa shape index (κ3) is 4.86. The number of hydrogen-bond donors (Lipinski definition) is 1. The maximum atomic E-state index is 12.8. The van der Waals surface area contributed by atoms with Crippen LogP contribution in [0.2, 0.25) is 0 Å². The van der Waals surface area contributed by atoms with E-state index in [4.69, 9.17) is 0 Å². The molecule has 1 aromatic rings. The second-order valence-corrected chi connectivity index (χ2v) is 5.37. The highest BCUT2D eigenvalue weighted by atomic mass is 19.1. The lowest BCUT2D eigenvalue weighted by Crippen LogP contribution is -2.27. The van der Waals surface area contributed by atoms with Crippen molar-refractivity contribution in [3.05, 3.63) is 35.6 Å². The zero-order chi connectivity index (χ0) is 12.8. The standard InChI is InChI=1S/C15H24FN/c1-11(2)9-17-10-12(3)13(4)14-5-7-15(16)8-6-14/h5-8,11-13,17H,9-10H2,1-4H3. The molecule has 1 rings (SSSR count). The molecular formula is C15H24FN. The Morgan fingerprint density at radius 1 is 1.00 bits per heavy atom. The van der Waals surface area contributed by atoms with E-state index in [-0.39, 0.29) is 5.82 Å².